The predicted molar refractivity (Wildman–Crippen MR) is 120 cm³/mol. The molecule has 0 saturated carbocycles. The second kappa shape index (κ2) is 9.24. The number of thiophene rings is 1. The van der Waals surface area contributed by atoms with Gasteiger partial charge in [-0.25, -0.2) is 4.98 Å². The lowest BCUT2D eigenvalue weighted by atomic mass is 10.1. The molecule has 160 valence electrons. The second-order valence-electron chi connectivity index (χ2n) is 7.80. The molecule has 7 nitrogen and oxygen atoms in total. The summed E-state index contributed by atoms with van der Waals surface area (Å²) < 4.78 is 5.38. The molecule has 8 heteroatoms. The Labute approximate surface area is 181 Å². The second-order valence-corrected chi connectivity index (χ2v) is 9.09. The molecule has 1 saturated heterocycles. The standard InChI is InChI=1S/C22H29N5O2S/c1-4-26-10-12-27(13-11-26)9-5-8-23-21(28)17-14-18(19-7-6-15(2)30-19)24-22-20(17)16(3)25-29-22/h6-7,14H,4-5,8-13H2,1-3H3,(H,23,28). The van der Waals surface area contributed by atoms with Gasteiger partial charge in [0.15, 0.2) is 0 Å². The number of fused-ring (bicyclic) bond motifs is 1. The van der Waals surface area contributed by atoms with Crippen LogP contribution in [0.25, 0.3) is 21.7 Å². The minimum atomic E-state index is -0.0981. The normalized spacial score (nSPS) is 15.7. The van der Waals surface area contributed by atoms with Crippen LogP contribution in [0.5, 0.6) is 0 Å². The van der Waals surface area contributed by atoms with E-state index in [1.54, 1.807) is 11.3 Å². The minimum Gasteiger partial charge on any atom is -0.352 e. The zero-order valence-electron chi connectivity index (χ0n) is 17.9. The summed E-state index contributed by atoms with van der Waals surface area (Å²) in [5, 5.41) is 7.80. The molecule has 0 bridgehead atoms. The van der Waals surface area contributed by atoms with E-state index in [4.69, 9.17) is 4.52 Å². The number of likely N-dealkylation sites (N-methyl/N-ethyl adjacent to an activating group) is 1. The molecule has 0 aromatic carbocycles. The minimum absolute atomic E-state index is 0.0981. The van der Waals surface area contributed by atoms with Crippen LogP contribution in [0.4, 0.5) is 0 Å². The number of nitrogens with zero attached hydrogens (tertiary/aromatic N) is 4. The van der Waals surface area contributed by atoms with E-state index in [1.807, 2.05) is 19.1 Å². The Kier molecular flexibility index (Phi) is 6.46. The number of carbonyl (C=O) groups excluding carboxylic acids is 1. The van der Waals surface area contributed by atoms with Gasteiger partial charge >= 0.3 is 0 Å². The number of hydrogen-bond acceptors (Lipinski definition) is 7. The van der Waals surface area contributed by atoms with Gasteiger partial charge in [0.25, 0.3) is 11.6 Å². The largest absolute Gasteiger partial charge is 0.352 e. The fraction of sp³-hybridized carbons (Fsp3) is 0.500. The molecule has 3 aromatic heterocycles. The molecular formula is C22H29N5O2S. The molecule has 4 heterocycles. The zero-order chi connectivity index (χ0) is 21.1. The van der Waals surface area contributed by atoms with Crippen LogP contribution in [0.15, 0.2) is 22.7 Å². The maximum Gasteiger partial charge on any atom is 0.259 e. The van der Waals surface area contributed by atoms with Crippen LogP contribution in [0.2, 0.25) is 0 Å². The van der Waals surface area contributed by atoms with Crippen LogP contribution in [0.3, 0.4) is 0 Å². The van der Waals surface area contributed by atoms with E-state index < -0.39 is 0 Å². The fourth-order valence-electron chi connectivity index (χ4n) is 3.90. The van der Waals surface area contributed by atoms with Crippen LogP contribution in [-0.4, -0.2) is 71.7 Å². The number of piperazine rings is 1. The lowest BCUT2D eigenvalue weighted by Crippen LogP contribution is -2.46. The van der Waals surface area contributed by atoms with Crippen molar-refractivity contribution < 1.29 is 9.32 Å². The monoisotopic (exact) mass is 427 g/mol. The first-order chi connectivity index (χ1) is 14.5. The number of pyridine rings is 1. The molecule has 0 aliphatic carbocycles. The van der Waals surface area contributed by atoms with Gasteiger partial charge in [-0.15, -0.1) is 11.3 Å². The fourth-order valence-corrected chi connectivity index (χ4v) is 4.73. The molecule has 1 aliphatic rings. The molecule has 1 aliphatic heterocycles. The van der Waals surface area contributed by atoms with Gasteiger partial charge in [0.2, 0.25) is 0 Å². The van der Waals surface area contributed by atoms with Crippen LogP contribution < -0.4 is 5.32 Å². The Bertz CT molecular complexity index is 1020. The van der Waals surface area contributed by atoms with E-state index in [9.17, 15) is 4.79 Å². The van der Waals surface area contributed by atoms with Crippen LogP contribution in [0, 0.1) is 13.8 Å². The van der Waals surface area contributed by atoms with Crippen molar-refractivity contribution in [2.75, 3.05) is 45.8 Å². The number of hydrogen-bond donors (Lipinski definition) is 1. The summed E-state index contributed by atoms with van der Waals surface area (Å²) in [5.74, 6) is -0.0981. The molecule has 1 fully saturated rings. The van der Waals surface area contributed by atoms with Gasteiger partial charge in [-0.2, -0.15) is 0 Å². The number of rotatable bonds is 7. The van der Waals surface area contributed by atoms with E-state index in [0.717, 1.165) is 56.3 Å². The molecule has 0 unspecified atom stereocenters. The van der Waals surface area contributed by atoms with E-state index in [0.29, 0.717) is 28.9 Å². The van der Waals surface area contributed by atoms with Gasteiger partial charge in [0.1, 0.15) is 0 Å². The first-order valence-corrected chi connectivity index (χ1v) is 11.4. The Balaban J connectivity index is 1.42. The van der Waals surface area contributed by atoms with Crippen LogP contribution in [0.1, 0.15) is 34.3 Å². The van der Waals surface area contributed by atoms with Gasteiger partial charge in [-0.1, -0.05) is 12.1 Å². The lowest BCUT2D eigenvalue weighted by Gasteiger charge is -2.33. The average molecular weight is 428 g/mol. The molecule has 0 radical (unpaired) electrons. The molecule has 1 N–H and O–H groups in total. The molecule has 0 spiro atoms. The molecule has 1 amide bonds. The smallest absolute Gasteiger partial charge is 0.259 e. The van der Waals surface area contributed by atoms with Crippen molar-refractivity contribution in [1.29, 1.82) is 0 Å². The Hall–Kier alpha value is -2.29. The first-order valence-electron chi connectivity index (χ1n) is 10.6. The van der Waals surface area contributed by atoms with E-state index >= 15 is 0 Å². The molecule has 0 atom stereocenters. The van der Waals surface area contributed by atoms with Crippen molar-refractivity contribution in [3.63, 3.8) is 0 Å². The van der Waals surface area contributed by atoms with Crippen molar-refractivity contribution >= 4 is 28.3 Å². The number of nitrogens with one attached hydrogen (secondary N) is 1. The molecular weight excluding hydrogens is 398 g/mol. The highest BCUT2D eigenvalue weighted by molar-refractivity contribution is 7.15. The highest BCUT2D eigenvalue weighted by Gasteiger charge is 2.20. The van der Waals surface area contributed by atoms with Crippen molar-refractivity contribution in [2.24, 2.45) is 0 Å². The van der Waals surface area contributed by atoms with E-state index in [-0.39, 0.29) is 5.91 Å². The molecule has 30 heavy (non-hydrogen) atoms. The van der Waals surface area contributed by atoms with E-state index in [1.165, 1.54) is 4.88 Å². The topological polar surface area (TPSA) is 74.5 Å². The first kappa shape index (κ1) is 21.0. The number of amides is 1. The van der Waals surface area contributed by atoms with Gasteiger partial charge in [-0.3, -0.25) is 4.79 Å². The third kappa shape index (κ3) is 4.55. The van der Waals surface area contributed by atoms with Crippen molar-refractivity contribution in [3.8, 4) is 10.6 Å². The summed E-state index contributed by atoms with van der Waals surface area (Å²) >= 11 is 1.65. The average Bonchev–Trinajstić information content (AvgIpc) is 3.36. The van der Waals surface area contributed by atoms with Crippen molar-refractivity contribution in [2.45, 2.75) is 27.2 Å². The highest BCUT2D eigenvalue weighted by Crippen LogP contribution is 2.31. The van der Waals surface area contributed by atoms with Crippen LogP contribution in [-0.2, 0) is 0 Å². The summed E-state index contributed by atoms with van der Waals surface area (Å²) in [6, 6.07) is 5.94. The molecule has 4 rings (SSSR count). The zero-order valence-corrected chi connectivity index (χ0v) is 18.7. The SMILES string of the molecule is CCN1CCN(CCCNC(=O)c2cc(-c3ccc(C)s3)nc3onc(C)c23)CC1. The van der Waals surface area contributed by atoms with Crippen LogP contribution >= 0.6 is 11.3 Å². The number of carbonyl (C=O) groups is 1. The van der Waals surface area contributed by atoms with E-state index in [2.05, 4.69) is 45.2 Å². The third-order valence-electron chi connectivity index (χ3n) is 5.70. The van der Waals surface area contributed by atoms with Gasteiger partial charge < -0.3 is 19.6 Å². The lowest BCUT2D eigenvalue weighted by molar-refractivity contribution is 0.0949. The molecule has 3 aromatic rings. The summed E-state index contributed by atoms with van der Waals surface area (Å²) in [4.78, 5) is 24.8. The van der Waals surface area contributed by atoms with Gasteiger partial charge in [-0.05, 0) is 51.6 Å². The number of aryl methyl sites for hydroxylation is 2. The predicted octanol–water partition coefficient (Wildman–Crippen LogP) is 3.33. The Morgan fingerprint density at radius 2 is 1.97 bits per heavy atom. The van der Waals surface area contributed by atoms with Gasteiger partial charge in [0.05, 0.1) is 27.2 Å². The Morgan fingerprint density at radius 1 is 1.20 bits per heavy atom. The highest BCUT2D eigenvalue weighted by atomic mass is 32.1. The summed E-state index contributed by atoms with van der Waals surface area (Å²) in [6.07, 6.45) is 0.936. The summed E-state index contributed by atoms with van der Waals surface area (Å²) in [5.41, 5.74) is 2.42. The maximum atomic E-state index is 13.0. The third-order valence-corrected chi connectivity index (χ3v) is 6.73. The van der Waals surface area contributed by atoms with Gasteiger partial charge in [0, 0.05) is 37.6 Å². The number of aromatic nitrogens is 2. The Morgan fingerprint density at radius 3 is 2.67 bits per heavy atom. The van der Waals surface area contributed by atoms with Crippen molar-refractivity contribution in [3.05, 3.63) is 34.3 Å². The van der Waals surface area contributed by atoms with Crippen molar-refractivity contribution in [1.82, 2.24) is 25.3 Å². The maximum absolute atomic E-state index is 13.0. The summed E-state index contributed by atoms with van der Waals surface area (Å²) in [7, 11) is 0. The quantitative estimate of drug-likeness (QED) is 0.583. The summed E-state index contributed by atoms with van der Waals surface area (Å²) in [6.45, 7) is 13.4.